The minimum absolute atomic E-state index is 0.0827. The number of phenolic OH excluding ortho intramolecular Hbond substituents is 1. The van der Waals surface area contributed by atoms with Gasteiger partial charge >= 0.3 is 6.03 Å². The highest BCUT2D eigenvalue weighted by molar-refractivity contribution is 5.78. The maximum atomic E-state index is 12.8. The highest BCUT2D eigenvalue weighted by atomic mass is 16.5. The highest BCUT2D eigenvalue weighted by Gasteiger charge is 2.18. The van der Waals surface area contributed by atoms with Crippen molar-refractivity contribution in [2.45, 2.75) is 13.0 Å². The average molecular weight is 394 g/mol. The summed E-state index contributed by atoms with van der Waals surface area (Å²) in [5.41, 5.74) is 2.81. The van der Waals surface area contributed by atoms with E-state index in [-0.39, 0.29) is 11.8 Å². The van der Waals surface area contributed by atoms with Crippen LogP contribution in [-0.4, -0.2) is 53.6 Å². The first-order valence-electron chi connectivity index (χ1n) is 9.41. The van der Waals surface area contributed by atoms with E-state index in [1.165, 1.54) is 4.68 Å². The maximum Gasteiger partial charge on any atom is 0.342 e. The number of likely N-dealkylation sites (N-methyl/N-ethyl adjacent to an activating group) is 1. The molecule has 0 aliphatic rings. The number of aromatic nitrogens is 2. The third-order valence-corrected chi connectivity index (χ3v) is 4.56. The van der Waals surface area contributed by atoms with Gasteiger partial charge in [-0.15, -0.1) is 0 Å². The topological polar surface area (TPSA) is 79.6 Å². The molecule has 0 bridgehead atoms. The van der Waals surface area contributed by atoms with E-state index in [1.54, 1.807) is 25.3 Å². The van der Waals surface area contributed by atoms with Gasteiger partial charge in [-0.05, 0) is 43.9 Å². The Hall–Kier alpha value is -3.32. The second-order valence-electron chi connectivity index (χ2n) is 7.01. The number of hydrogen-bond donors (Lipinski definition) is 2. The van der Waals surface area contributed by atoms with E-state index in [9.17, 15) is 9.90 Å². The third-order valence-electron chi connectivity index (χ3n) is 4.56. The zero-order valence-corrected chi connectivity index (χ0v) is 16.9. The third kappa shape index (κ3) is 5.14. The number of benzene rings is 2. The molecule has 2 N–H and O–H groups in total. The van der Waals surface area contributed by atoms with Crippen LogP contribution in [-0.2, 0) is 13.0 Å². The minimum atomic E-state index is -0.309. The van der Waals surface area contributed by atoms with Crippen LogP contribution >= 0.6 is 0 Å². The van der Waals surface area contributed by atoms with Gasteiger partial charge in [-0.25, -0.2) is 4.79 Å². The van der Waals surface area contributed by atoms with Crippen molar-refractivity contribution in [3.05, 3.63) is 65.9 Å². The number of nitrogens with one attached hydrogen (secondary N) is 1. The Morgan fingerprint density at radius 1 is 1.17 bits per heavy atom. The number of phenols is 1. The SMILES string of the molecule is COc1ccc(O)c(-c2cc(CCN(C)C)n(C(=O)NCc3ccccc3)n2)c1. The van der Waals surface area contributed by atoms with Gasteiger partial charge in [0.2, 0.25) is 0 Å². The first-order valence-corrected chi connectivity index (χ1v) is 9.41. The van der Waals surface area contributed by atoms with Crippen molar-refractivity contribution in [1.82, 2.24) is 20.0 Å². The molecule has 1 aromatic heterocycles. The lowest BCUT2D eigenvalue weighted by molar-refractivity contribution is 0.238. The standard InChI is InChI=1S/C22H26N4O3/c1-25(2)12-11-17-13-20(19-14-18(29-3)9-10-21(19)27)24-26(17)22(28)23-15-16-7-5-4-6-8-16/h4-10,13-14,27H,11-12,15H2,1-3H3,(H,23,28). The lowest BCUT2D eigenvalue weighted by atomic mass is 10.1. The maximum absolute atomic E-state index is 12.8. The van der Waals surface area contributed by atoms with Crippen molar-refractivity contribution in [3.63, 3.8) is 0 Å². The van der Waals surface area contributed by atoms with Crippen molar-refractivity contribution >= 4 is 6.03 Å². The number of aromatic hydroxyl groups is 1. The molecule has 152 valence electrons. The Morgan fingerprint density at radius 3 is 2.62 bits per heavy atom. The first-order chi connectivity index (χ1) is 14.0. The molecule has 29 heavy (non-hydrogen) atoms. The van der Waals surface area contributed by atoms with E-state index >= 15 is 0 Å². The lowest BCUT2D eigenvalue weighted by Crippen LogP contribution is -2.31. The molecule has 1 amide bonds. The summed E-state index contributed by atoms with van der Waals surface area (Å²) in [7, 11) is 5.52. The molecular weight excluding hydrogens is 368 g/mol. The van der Waals surface area contributed by atoms with Gasteiger partial charge in [-0.1, -0.05) is 30.3 Å². The van der Waals surface area contributed by atoms with Crippen molar-refractivity contribution < 1.29 is 14.6 Å². The molecule has 0 unspecified atom stereocenters. The molecule has 0 saturated heterocycles. The predicted molar refractivity (Wildman–Crippen MR) is 112 cm³/mol. The number of methoxy groups -OCH3 is 1. The summed E-state index contributed by atoms with van der Waals surface area (Å²) in [4.78, 5) is 14.9. The second-order valence-corrected chi connectivity index (χ2v) is 7.01. The number of nitrogens with zero attached hydrogens (tertiary/aromatic N) is 3. The zero-order chi connectivity index (χ0) is 20.8. The van der Waals surface area contributed by atoms with E-state index in [1.807, 2.05) is 55.4 Å². The van der Waals surface area contributed by atoms with Crippen LogP contribution in [0.2, 0.25) is 0 Å². The summed E-state index contributed by atoms with van der Waals surface area (Å²) in [6, 6.07) is 16.2. The van der Waals surface area contributed by atoms with Crippen LogP contribution in [0.25, 0.3) is 11.3 Å². The number of amides is 1. The Kier molecular flexibility index (Phi) is 6.51. The van der Waals surface area contributed by atoms with Crippen LogP contribution in [0.4, 0.5) is 4.79 Å². The Labute approximate surface area is 170 Å². The van der Waals surface area contributed by atoms with Crippen LogP contribution in [0.1, 0.15) is 11.3 Å². The van der Waals surface area contributed by atoms with Gasteiger partial charge in [-0.2, -0.15) is 9.78 Å². The Bertz CT molecular complexity index is 967. The van der Waals surface area contributed by atoms with E-state index in [2.05, 4.69) is 10.4 Å². The van der Waals surface area contributed by atoms with Gasteiger partial charge in [-0.3, -0.25) is 0 Å². The second kappa shape index (κ2) is 9.25. The Morgan fingerprint density at radius 2 is 1.93 bits per heavy atom. The van der Waals surface area contributed by atoms with Crippen molar-refractivity contribution in [2.75, 3.05) is 27.7 Å². The summed E-state index contributed by atoms with van der Waals surface area (Å²) in [6.45, 7) is 1.17. The van der Waals surface area contributed by atoms with Gasteiger partial charge in [0.05, 0.1) is 18.5 Å². The lowest BCUT2D eigenvalue weighted by Gasteiger charge is -2.11. The molecule has 0 aliphatic heterocycles. The summed E-state index contributed by atoms with van der Waals surface area (Å²) in [5.74, 6) is 0.690. The van der Waals surface area contributed by atoms with Gasteiger partial charge in [0.15, 0.2) is 0 Å². The molecule has 7 heteroatoms. The first kappa shape index (κ1) is 20.4. The van der Waals surface area contributed by atoms with Crippen LogP contribution in [0.3, 0.4) is 0 Å². The van der Waals surface area contributed by atoms with Crippen molar-refractivity contribution in [1.29, 1.82) is 0 Å². The van der Waals surface area contributed by atoms with E-state index in [0.717, 1.165) is 17.8 Å². The van der Waals surface area contributed by atoms with Crippen molar-refractivity contribution in [2.24, 2.45) is 0 Å². The minimum Gasteiger partial charge on any atom is -0.507 e. The van der Waals surface area contributed by atoms with E-state index < -0.39 is 0 Å². The van der Waals surface area contributed by atoms with Gasteiger partial charge in [0, 0.05) is 25.1 Å². The quantitative estimate of drug-likeness (QED) is 0.644. The molecule has 0 spiro atoms. The zero-order valence-electron chi connectivity index (χ0n) is 16.9. The van der Waals surface area contributed by atoms with Crippen LogP contribution < -0.4 is 10.1 Å². The highest BCUT2D eigenvalue weighted by Crippen LogP contribution is 2.32. The van der Waals surface area contributed by atoms with Gasteiger partial charge in [0.25, 0.3) is 0 Å². The number of rotatable bonds is 7. The largest absolute Gasteiger partial charge is 0.507 e. The normalized spacial score (nSPS) is 10.9. The van der Waals surface area contributed by atoms with Gasteiger partial charge < -0.3 is 20.1 Å². The molecule has 0 saturated carbocycles. The fourth-order valence-corrected chi connectivity index (χ4v) is 2.94. The average Bonchev–Trinajstić information content (AvgIpc) is 3.16. The van der Waals surface area contributed by atoms with E-state index in [4.69, 9.17) is 4.74 Å². The molecule has 3 rings (SSSR count). The number of hydrogen-bond acceptors (Lipinski definition) is 5. The van der Waals surface area contributed by atoms with Crippen LogP contribution in [0.5, 0.6) is 11.5 Å². The molecule has 0 fully saturated rings. The molecule has 0 atom stereocenters. The summed E-state index contributed by atoms with van der Waals surface area (Å²) in [6.07, 6.45) is 0.642. The van der Waals surface area contributed by atoms with Gasteiger partial charge in [0.1, 0.15) is 11.5 Å². The molecule has 1 heterocycles. The number of carbonyl (C=O) groups is 1. The fraction of sp³-hybridized carbons (Fsp3) is 0.273. The molecule has 0 aliphatic carbocycles. The molecule has 3 aromatic rings. The Balaban J connectivity index is 1.89. The summed E-state index contributed by atoms with van der Waals surface area (Å²) < 4.78 is 6.63. The van der Waals surface area contributed by atoms with Crippen LogP contribution in [0, 0.1) is 0 Å². The summed E-state index contributed by atoms with van der Waals surface area (Å²) >= 11 is 0. The molecule has 0 radical (unpaired) electrons. The predicted octanol–water partition coefficient (Wildman–Crippen LogP) is 3.13. The monoisotopic (exact) mass is 394 g/mol. The molecular formula is C22H26N4O3. The summed E-state index contributed by atoms with van der Waals surface area (Å²) in [5, 5.41) is 17.7. The molecule has 7 nitrogen and oxygen atoms in total. The fourth-order valence-electron chi connectivity index (χ4n) is 2.94. The van der Waals surface area contributed by atoms with Crippen molar-refractivity contribution in [3.8, 4) is 22.8 Å². The smallest absolute Gasteiger partial charge is 0.342 e. The number of carbonyl (C=O) groups excluding carboxylic acids is 1. The number of ether oxygens (including phenoxy) is 1. The van der Waals surface area contributed by atoms with E-state index in [0.29, 0.717) is 30.0 Å². The molecule has 2 aromatic carbocycles. The van der Waals surface area contributed by atoms with Crippen LogP contribution in [0.15, 0.2) is 54.6 Å².